The van der Waals surface area contributed by atoms with Gasteiger partial charge in [-0.2, -0.15) is 0 Å². The highest BCUT2D eigenvalue weighted by molar-refractivity contribution is 5.82. The quantitative estimate of drug-likeness (QED) is 0.657. The molecule has 1 rings (SSSR count). The van der Waals surface area contributed by atoms with E-state index in [1.165, 1.54) is 0 Å². The Balaban J connectivity index is 2.50. The van der Waals surface area contributed by atoms with Gasteiger partial charge in [-0.3, -0.25) is 4.79 Å². The van der Waals surface area contributed by atoms with Gasteiger partial charge in [0.2, 0.25) is 5.91 Å². The van der Waals surface area contributed by atoms with Gasteiger partial charge in [-0.1, -0.05) is 13.8 Å². The van der Waals surface area contributed by atoms with Crippen molar-refractivity contribution in [2.75, 3.05) is 19.6 Å². The average molecular weight is 228 g/mol. The molecule has 0 aliphatic carbocycles. The second-order valence-electron chi connectivity index (χ2n) is 5.32. The largest absolute Gasteiger partial charge is 0.392 e. The zero-order valence-corrected chi connectivity index (χ0v) is 10.5. The first-order valence-corrected chi connectivity index (χ1v) is 6.11. The summed E-state index contributed by atoms with van der Waals surface area (Å²) in [6, 6.07) is 0. The maximum absolute atomic E-state index is 12.0. The van der Waals surface area contributed by atoms with Crippen LogP contribution in [0.5, 0.6) is 0 Å². The fraction of sp³-hybridized carbons (Fsp3) is 0.917. The van der Waals surface area contributed by atoms with Crippen molar-refractivity contribution in [3.8, 4) is 0 Å². The second kappa shape index (κ2) is 5.64. The van der Waals surface area contributed by atoms with Crippen molar-refractivity contribution in [3.63, 3.8) is 0 Å². The molecule has 0 bridgehead atoms. The Hall–Kier alpha value is -0.610. The highest BCUT2D eigenvalue weighted by atomic mass is 16.3. The molecule has 2 atom stereocenters. The van der Waals surface area contributed by atoms with Crippen LogP contribution < -0.4 is 10.6 Å². The molecule has 0 radical (unpaired) electrons. The lowest BCUT2D eigenvalue weighted by Gasteiger charge is -2.36. The molecule has 0 aromatic heterocycles. The van der Waals surface area contributed by atoms with Gasteiger partial charge in [-0.15, -0.1) is 0 Å². The normalized spacial score (nSPS) is 23.9. The van der Waals surface area contributed by atoms with Crippen molar-refractivity contribution in [3.05, 3.63) is 0 Å². The zero-order valence-electron chi connectivity index (χ0n) is 10.5. The van der Waals surface area contributed by atoms with Gasteiger partial charge in [0, 0.05) is 12.0 Å². The molecule has 1 aliphatic rings. The van der Waals surface area contributed by atoms with Gasteiger partial charge in [0.25, 0.3) is 0 Å². The highest BCUT2D eigenvalue weighted by Gasteiger charge is 2.37. The molecule has 0 spiro atoms. The van der Waals surface area contributed by atoms with Crippen molar-refractivity contribution >= 4 is 5.91 Å². The van der Waals surface area contributed by atoms with Gasteiger partial charge in [0.05, 0.1) is 6.10 Å². The van der Waals surface area contributed by atoms with E-state index in [4.69, 9.17) is 5.11 Å². The minimum absolute atomic E-state index is 0.0436. The standard InChI is InChI=1S/C12H24N2O2/c1-9(15)7-14-11(16)12(2,3)10-5-4-6-13-8-10/h9-10,13,15H,4-8H2,1-3H3,(H,14,16). The summed E-state index contributed by atoms with van der Waals surface area (Å²) in [6.45, 7) is 7.96. The van der Waals surface area contributed by atoms with E-state index < -0.39 is 6.10 Å². The number of aliphatic hydroxyl groups excluding tert-OH is 1. The SMILES string of the molecule is CC(O)CNC(=O)C(C)(C)C1CCCNC1. The fourth-order valence-electron chi connectivity index (χ4n) is 2.12. The van der Waals surface area contributed by atoms with Gasteiger partial charge in [0.1, 0.15) is 0 Å². The molecule has 4 heteroatoms. The molecule has 1 fully saturated rings. The van der Waals surface area contributed by atoms with E-state index in [-0.39, 0.29) is 11.3 Å². The first kappa shape index (κ1) is 13.5. The summed E-state index contributed by atoms with van der Waals surface area (Å²) in [5.74, 6) is 0.428. The summed E-state index contributed by atoms with van der Waals surface area (Å²) in [7, 11) is 0. The number of hydrogen-bond acceptors (Lipinski definition) is 3. The number of aliphatic hydroxyl groups is 1. The number of rotatable bonds is 4. The Bertz CT molecular complexity index is 233. The lowest BCUT2D eigenvalue weighted by atomic mass is 9.74. The predicted octanol–water partition coefficient (Wildman–Crippen LogP) is 0.509. The topological polar surface area (TPSA) is 61.4 Å². The molecule has 1 heterocycles. The van der Waals surface area contributed by atoms with Crippen molar-refractivity contribution in [1.82, 2.24) is 10.6 Å². The lowest BCUT2D eigenvalue weighted by Crippen LogP contribution is -2.48. The van der Waals surface area contributed by atoms with Crippen LogP contribution >= 0.6 is 0 Å². The number of carbonyl (C=O) groups is 1. The van der Waals surface area contributed by atoms with Crippen LogP contribution in [0.4, 0.5) is 0 Å². The third-order valence-corrected chi connectivity index (χ3v) is 3.46. The smallest absolute Gasteiger partial charge is 0.226 e. The summed E-state index contributed by atoms with van der Waals surface area (Å²) in [4.78, 5) is 12.0. The van der Waals surface area contributed by atoms with Gasteiger partial charge in [0.15, 0.2) is 0 Å². The van der Waals surface area contributed by atoms with Crippen molar-refractivity contribution < 1.29 is 9.90 Å². The fourth-order valence-corrected chi connectivity index (χ4v) is 2.12. The number of carbonyl (C=O) groups excluding carboxylic acids is 1. The van der Waals surface area contributed by atoms with E-state index in [0.717, 1.165) is 25.9 Å². The monoisotopic (exact) mass is 228 g/mol. The summed E-state index contributed by atoms with van der Waals surface area (Å²) in [6.07, 6.45) is 1.75. The number of amides is 1. The van der Waals surface area contributed by atoms with Crippen molar-refractivity contribution in [1.29, 1.82) is 0 Å². The first-order valence-electron chi connectivity index (χ1n) is 6.11. The van der Waals surface area contributed by atoms with Gasteiger partial charge >= 0.3 is 0 Å². The van der Waals surface area contributed by atoms with E-state index in [1.807, 2.05) is 13.8 Å². The Kier molecular flexibility index (Phi) is 4.74. The Morgan fingerprint density at radius 2 is 2.31 bits per heavy atom. The maximum atomic E-state index is 12.0. The average Bonchev–Trinajstić information content (AvgIpc) is 2.27. The molecular formula is C12H24N2O2. The number of nitrogens with one attached hydrogen (secondary N) is 2. The van der Waals surface area contributed by atoms with E-state index in [1.54, 1.807) is 6.92 Å². The van der Waals surface area contributed by atoms with Gasteiger partial charge in [-0.05, 0) is 38.8 Å². The van der Waals surface area contributed by atoms with Crippen LogP contribution in [-0.4, -0.2) is 36.8 Å². The van der Waals surface area contributed by atoms with Crippen molar-refractivity contribution in [2.45, 2.75) is 39.7 Å². The molecule has 4 nitrogen and oxygen atoms in total. The summed E-state index contributed by atoms with van der Waals surface area (Å²) in [5.41, 5.74) is -0.359. The number of piperidine rings is 1. The van der Waals surface area contributed by atoms with Crippen LogP contribution in [0.25, 0.3) is 0 Å². The maximum Gasteiger partial charge on any atom is 0.226 e. The summed E-state index contributed by atoms with van der Waals surface area (Å²) < 4.78 is 0. The van der Waals surface area contributed by atoms with Crippen LogP contribution in [0.3, 0.4) is 0 Å². The predicted molar refractivity (Wildman–Crippen MR) is 64.1 cm³/mol. The van der Waals surface area contributed by atoms with Crippen LogP contribution in [0, 0.1) is 11.3 Å². The van der Waals surface area contributed by atoms with E-state index in [9.17, 15) is 4.79 Å². The van der Waals surface area contributed by atoms with Gasteiger partial charge < -0.3 is 15.7 Å². The van der Waals surface area contributed by atoms with Crippen LogP contribution in [-0.2, 0) is 4.79 Å². The molecular weight excluding hydrogens is 204 g/mol. The minimum atomic E-state index is -0.482. The van der Waals surface area contributed by atoms with Gasteiger partial charge in [-0.25, -0.2) is 0 Å². The van der Waals surface area contributed by atoms with Crippen LogP contribution in [0.15, 0.2) is 0 Å². The minimum Gasteiger partial charge on any atom is -0.392 e. The molecule has 1 amide bonds. The Morgan fingerprint density at radius 3 is 2.81 bits per heavy atom. The summed E-state index contributed by atoms with van der Waals surface area (Å²) >= 11 is 0. The lowest BCUT2D eigenvalue weighted by molar-refractivity contribution is -0.133. The molecule has 0 aromatic carbocycles. The molecule has 94 valence electrons. The molecule has 1 saturated heterocycles. The molecule has 0 aromatic rings. The molecule has 2 unspecified atom stereocenters. The Morgan fingerprint density at radius 1 is 1.62 bits per heavy atom. The molecule has 1 aliphatic heterocycles. The Labute approximate surface area is 97.8 Å². The van der Waals surface area contributed by atoms with Crippen molar-refractivity contribution in [2.24, 2.45) is 11.3 Å². The third kappa shape index (κ3) is 3.46. The van der Waals surface area contributed by atoms with E-state index in [2.05, 4.69) is 10.6 Å². The van der Waals surface area contributed by atoms with Crippen LogP contribution in [0.1, 0.15) is 33.6 Å². The zero-order chi connectivity index (χ0) is 12.2. The second-order valence-corrected chi connectivity index (χ2v) is 5.32. The first-order chi connectivity index (χ1) is 7.44. The third-order valence-electron chi connectivity index (χ3n) is 3.46. The molecule has 16 heavy (non-hydrogen) atoms. The summed E-state index contributed by atoms with van der Waals surface area (Å²) in [5, 5.41) is 15.3. The molecule has 0 saturated carbocycles. The van der Waals surface area contributed by atoms with E-state index >= 15 is 0 Å². The number of hydrogen-bond donors (Lipinski definition) is 3. The highest BCUT2D eigenvalue weighted by Crippen LogP contribution is 2.31. The van der Waals surface area contributed by atoms with E-state index in [0.29, 0.717) is 12.5 Å². The molecule has 3 N–H and O–H groups in total. The van der Waals surface area contributed by atoms with Crippen LogP contribution in [0.2, 0.25) is 0 Å².